The molecule has 1 unspecified atom stereocenters. The van der Waals surface area contributed by atoms with Crippen molar-refractivity contribution in [1.29, 1.82) is 0 Å². The van der Waals surface area contributed by atoms with E-state index in [0.717, 1.165) is 11.3 Å². The van der Waals surface area contributed by atoms with E-state index in [9.17, 15) is 5.11 Å². The fraction of sp³-hybridized carbons (Fsp3) is 0.300. The Morgan fingerprint density at radius 3 is 2.83 bits per heavy atom. The van der Waals surface area contributed by atoms with Crippen molar-refractivity contribution in [2.45, 2.75) is 20.0 Å². The SMILES string of the molecule is C/C(=C\c1ccccn1)C(C)O. The highest BCUT2D eigenvalue weighted by Gasteiger charge is 1.97. The summed E-state index contributed by atoms with van der Waals surface area (Å²) < 4.78 is 0. The maximum absolute atomic E-state index is 9.19. The van der Waals surface area contributed by atoms with Gasteiger partial charge in [-0.15, -0.1) is 0 Å². The van der Waals surface area contributed by atoms with Gasteiger partial charge < -0.3 is 5.11 Å². The first-order valence-corrected chi connectivity index (χ1v) is 3.97. The molecule has 0 radical (unpaired) electrons. The molecule has 0 aliphatic rings. The van der Waals surface area contributed by atoms with Gasteiger partial charge in [-0.1, -0.05) is 6.07 Å². The molecule has 0 aliphatic heterocycles. The second-order valence-corrected chi connectivity index (χ2v) is 2.82. The zero-order valence-electron chi connectivity index (χ0n) is 7.36. The highest BCUT2D eigenvalue weighted by Crippen LogP contribution is 2.06. The lowest BCUT2D eigenvalue weighted by atomic mass is 10.1. The zero-order valence-corrected chi connectivity index (χ0v) is 7.36. The Morgan fingerprint density at radius 1 is 1.58 bits per heavy atom. The van der Waals surface area contributed by atoms with Crippen LogP contribution >= 0.6 is 0 Å². The molecule has 0 aliphatic carbocycles. The number of rotatable bonds is 2. The zero-order chi connectivity index (χ0) is 8.97. The average molecular weight is 163 g/mol. The Labute approximate surface area is 72.6 Å². The molecule has 0 spiro atoms. The molecular weight excluding hydrogens is 150 g/mol. The van der Waals surface area contributed by atoms with Crippen LogP contribution in [0.2, 0.25) is 0 Å². The third-order valence-corrected chi connectivity index (χ3v) is 1.72. The van der Waals surface area contributed by atoms with Crippen molar-refractivity contribution in [3.63, 3.8) is 0 Å². The first kappa shape index (κ1) is 8.94. The molecule has 1 N–H and O–H groups in total. The van der Waals surface area contributed by atoms with Gasteiger partial charge in [-0.3, -0.25) is 4.98 Å². The molecule has 1 atom stereocenters. The summed E-state index contributed by atoms with van der Waals surface area (Å²) >= 11 is 0. The lowest BCUT2D eigenvalue weighted by Crippen LogP contribution is -2.00. The minimum atomic E-state index is -0.396. The number of nitrogens with zero attached hydrogens (tertiary/aromatic N) is 1. The molecule has 0 fully saturated rings. The number of aromatic nitrogens is 1. The Balaban J connectivity index is 2.81. The van der Waals surface area contributed by atoms with Gasteiger partial charge in [0.2, 0.25) is 0 Å². The van der Waals surface area contributed by atoms with Crippen LogP contribution in [0.25, 0.3) is 6.08 Å². The first-order chi connectivity index (χ1) is 5.70. The van der Waals surface area contributed by atoms with Crippen LogP contribution in [0.15, 0.2) is 30.0 Å². The summed E-state index contributed by atoms with van der Waals surface area (Å²) in [6.07, 6.45) is 3.22. The maximum atomic E-state index is 9.19. The van der Waals surface area contributed by atoms with Gasteiger partial charge in [-0.2, -0.15) is 0 Å². The fourth-order valence-corrected chi connectivity index (χ4v) is 0.815. The highest BCUT2D eigenvalue weighted by molar-refractivity contribution is 5.48. The number of aliphatic hydroxyl groups is 1. The summed E-state index contributed by atoms with van der Waals surface area (Å²) in [6, 6.07) is 5.70. The molecule has 0 amide bonds. The largest absolute Gasteiger partial charge is 0.389 e. The molecule has 2 heteroatoms. The molecule has 0 saturated carbocycles. The van der Waals surface area contributed by atoms with Crippen LogP contribution in [0.4, 0.5) is 0 Å². The molecule has 1 heterocycles. The summed E-state index contributed by atoms with van der Waals surface area (Å²) in [7, 11) is 0. The third kappa shape index (κ3) is 2.47. The Hall–Kier alpha value is -1.15. The van der Waals surface area contributed by atoms with E-state index in [1.807, 2.05) is 31.2 Å². The molecule has 1 rings (SSSR count). The van der Waals surface area contributed by atoms with E-state index in [1.54, 1.807) is 13.1 Å². The molecular formula is C10H13NO. The Morgan fingerprint density at radius 2 is 2.33 bits per heavy atom. The quantitative estimate of drug-likeness (QED) is 0.722. The van der Waals surface area contributed by atoms with Gasteiger partial charge in [0.25, 0.3) is 0 Å². The smallest absolute Gasteiger partial charge is 0.0723 e. The van der Waals surface area contributed by atoms with Crippen LogP contribution in [0.1, 0.15) is 19.5 Å². The van der Waals surface area contributed by atoms with E-state index in [4.69, 9.17) is 0 Å². The highest BCUT2D eigenvalue weighted by atomic mass is 16.3. The summed E-state index contributed by atoms with van der Waals surface area (Å²) in [5.41, 5.74) is 1.81. The minimum Gasteiger partial charge on any atom is -0.389 e. The standard InChI is InChI=1S/C10H13NO/c1-8(9(2)12)7-10-5-3-4-6-11-10/h3-7,9,12H,1-2H3/b8-7+. The van der Waals surface area contributed by atoms with E-state index in [1.165, 1.54) is 0 Å². The van der Waals surface area contributed by atoms with Crippen LogP contribution in [0.3, 0.4) is 0 Å². The van der Waals surface area contributed by atoms with Gasteiger partial charge in [-0.25, -0.2) is 0 Å². The number of aliphatic hydroxyl groups excluding tert-OH is 1. The first-order valence-electron chi connectivity index (χ1n) is 3.97. The average Bonchev–Trinajstić information content (AvgIpc) is 2.06. The van der Waals surface area contributed by atoms with Crippen molar-refractivity contribution in [2.24, 2.45) is 0 Å². The van der Waals surface area contributed by atoms with Crippen LogP contribution in [-0.2, 0) is 0 Å². The van der Waals surface area contributed by atoms with Gasteiger partial charge >= 0.3 is 0 Å². The predicted octanol–water partition coefficient (Wildman–Crippen LogP) is 1.87. The minimum absolute atomic E-state index is 0.396. The van der Waals surface area contributed by atoms with Crippen LogP contribution in [0, 0.1) is 0 Å². The van der Waals surface area contributed by atoms with Crippen molar-refractivity contribution in [3.8, 4) is 0 Å². The number of hydrogen-bond acceptors (Lipinski definition) is 2. The maximum Gasteiger partial charge on any atom is 0.0723 e. The molecule has 12 heavy (non-hydrogen) atoms. The molecule has 1 aromatic rings. The molecule has 0 aromatic carbocycles. The summed E-state index contributed by atoms with van der Waals surface area (Å²) in [5.74, 6) is 0. The van der Waals surface area contributed by atoms with Gasteiger partial charge in [0.15, 0.2) is 0 Å². The number of hydrogen-bond donors (Lipinski definition) is 1. The normalized spacial score (nSPS) is 14.4. The van der Waals surface area contributed by atoms with Crippen LogP contribution in [-0.4, -0.2) is 16.2 Å². The molecule has 2 nitrogen and oxygen atoms in total. The van der Waals surface area contributed by atoms with E-state index in [2.05, 4.69) is 4.98 Å². The second kappa shape index (κ2) is 4.02. The topological polar surface area (TPSA) is 33.1 Å². The van der Waals surface area contributed by atoms with Gasteiger partial charge in [-0.05, 0) is 37.6 Å². The van der Waals surface area contributed by atoms with Crippen molar-refractivity contribution < 1.29 is 5.11 Å². The van der Waals surface area contributed by atoms with Crippen LogP contribution < -0.4 is 0 Å². The van der Waals surface area contributed by atoms with E-state index in [-0.39, 0.29) is 0 Å². The van der Waals surface area contributed by atoms with Crippen molar-refractivity contribution in [1.82, 2.24) is 4.98 Å². The van der Waals surface area contributed by atoms with Gasteiger partial charge in [0.05, 0.1) is 11.8 Å². The van der Waals surface area contributed by atoms with Crippen molar-refractivity contribution in [3.05, 3.63) is 35.7 Å². The number of pyridine rings is 1. The molecule has 1 aromatic heterocycles. The lowest BCUT2D eigenvalue weighted by molar-refractivity contribution is 0.232. The van der Waals surface area contributed by atoms with Gasteiger partial charge in [0, 0.05) is 6.20 Å². The Bertz CT molecular complexity index is 264. The lowest BCUT2D eigenvalue weighted by Gasteiger charge is -2.02. The van der Waals surface area contributed by atoms with Crippen molar-refractivity contribution in [2.75, 3.05) is 0 Å². The third-order valence-electron chi connectivity index (χ3n) is 1.72. The van der Waals surface area contributed by atoms with E-state index >= 15 is 0 Å². The fourth-order valence-electron chi connectivity index (χ4n) is 0.815. The molecule has 0 saturated heterocycles. The van der Waals surface area contributed by atoms with Crippen molar-refractivity contribution >= 4 is 6.08 Å². The van der Waals surface area contributed by atoms with E-state index < -0.39 is 6.10 Å². The molecule has 64 valence electrons. The van der Waals surface area contributed by atoms with E-state index in [0.29, 0.717) is 0 Å². The predicted molar refractivity (Wildman–Crippen MR) is 49.6 cm³/mol. The van der Waals surface area contributed by atoms with Crippen LogP contribution in [0.5, 0.6) is 0 Å². The summed E-state index contributed by atoms with van der Waals surface area (Å²) in [5, 5.41) is 9.19. The summed E-state index contributed by atoms with van der Waals surface area (Å²) in [6.45, 7) is 3.63. The Kier molecular flexibility index (Phi) is 3.00. The van der Waals surface area contributed by atoms with Gasteiger partial charge in [0.1, 0.15) is 0 Å². The molecule has 0 bridgehead atoms. The summed E-state index contributed by atoms with van der Waals surface area (Å²) in [4.78, 5) is 4.11. The monoisotopic (exact) mass is 163 g/mol. The second-order valence-electron chi connectivity index (χ2n) is 2.82.